The van der Waals surface area contributed by atoms with Gasteiger partial charge in [-0.2, -0.15) is 0 Å². The van der Waals surface area contributed by atoms with Crippen LogP contribution in [0.3, 0.4) is 0 Å². The molecule has 154 valence electrons. The summed E-state index contributed by atoms with van der Waals surface area (Å²) in [6.45, 7) is 2.92. The molecule has 0 aliphatic rings. The standard InChI is InChI=1S/C19H18F3N3O4/c1-3-8-24(19(27)12-5-4-11(2)15(9-12)25(28)29)10-16(26)23-14-7-6-13(20)17(21)18(14)22/h4-7,9H,3,8,10H2,1-2H3,(H,23,26). The van der Waals surface area contributed by atoms with Crippen LogP contribution in [0.5, 0.6) is 0 Å². The summed E-state index contributed by atoms with van der Waals surface area (Å²) in [5, 5.41) is 13.2. The van der Waals surface area contributed by atoms with E-state index in [1.807, 2.05) is 0 Å². The van der Waals surface area contributed by atoms with Gasteiger partial charge in [-0.3, -0.25) is 19.7 Å². The number of carbonyl (C=O) groups is 2. The van der Waals surface area contributed by atoms with Crippen molar-refractivity contribution < 1.29 is 27.7 Å². The first-order valence-corrected chi connectivity index (χ1v) is 8.63. The molecule has 0 bridgehead atoms. The van der Waals surface area contributed by atoms with Gasteiger partial charge >= 0.3 is 0 Å². The molecule has 2 aromatic carbocycles. The highest BCUT2D eigenvalue weighted by Gasteiger charge is 2.22. The summed E-state index contributed by atoms with van der Waals surface area (Å²) in [5.74, 6) is -6.14. The number of halogens is 3. The van der Waals surface area contributed by atoms with Gasteiger partial charge in [-0.15, -0.1) is 0 Å². The molecule has 0 saturated carbocycles. The van der Waals surface area contributed by atoms with Gasteiger partial charge in [0.25, 0.3) is 11.6 Å². The summed E-state index contributed by atoms with van der Waals surface area (Å²) in [6, 6.07) is 5.47. The van der Waals surface area contributed by atoms with Crippen LogP contribution in [0.2, 0.25) is 0 Å². The van der Waals surface area contributed by atoms with Crippen molar-refractivity contribution >= 4 is 23.2 Å². The van der Waals surface area contributed by atoms with E-state index < -0.39 is 46.4 Å². The Hall–Kier alpha value is -3.43. The summed E-state index contributed by atoms with van der Waals surface area (Å²) in [7, 11) is 0. The van der Waals surface area contributed by atoms with Gasteiger partial charge in [-0.1, -0.05) is 13.0 Å². The average Bonchev–Trinajstić information content (AvgIpc) is 2.67. The minimum absolute atomic E-state index is 0.0163. The number of carbonyl (C=O) groups excluding carboxylic acids is 2. The number of anilines is 1. The van der Waals surface area contributed by atoms with E-state index in [2.05, 4.69) is 5.32 Å². The molecule has 29 heavy (non-hydrogen) atoms. The lowest BCUT2D eigenvalue weighted by molar-refractivity contribution is -0.385. The van der Waals surface area contributed by atoms with Crippen LogP contribution in [0.25, 0.3) is 0 Å². The van der Waals surface area contributed by atoms with E-state index >= 15 is 0 Å². The average molecular weight is 409 g/mol. The van der Waals surface area contributed by atoms with Gasteiger partial charge in [-0.05, 0) is 31.5 Å². The third-order valence-electron chi connectivity index (χ3n) is 4.08. The number of hydrogen-bond donors (Lipinski definition) is 1. The summed E-state index contributed by atoms with van der Waals surface area (Å²) >= 11 is 0. The fraction of sp³-hybridized carbons (Fsp3) is 0.263. The fourth-order valence-electron chi connectivity index (χ4n) is 2.63. The highest BCUT2D eigenvalue weighted by atomic mass is 19.2. The van der Waals surface area contributed by atoms with E-state index in [9.17, 15) is 32.9 Å². The van der Waals surface area contributed by atoms with Crippen LogP contribution in [0.15, 0.2) is 30.3 Å². The van der Waals surface area contributed by atoms with E-state index in [0.29, 0.717) is 18.1 Å². The Bertz CT molecular complexity index is 966. The lowest BCUT2D eigenvalue weighted by Gasteiger charge is -2.22. The first-order valence-electron chi connectivity index (χ1n) is 8.63. The summed E-state index contributed by atoms with van der Waals surface area (Å²) in [5.41, 5.74) is -0.410. The number of nitro benzene ring substituents is 1. The number of rotatable bonds is 7. The van der Waals surface area contributed by atoms with Gasteiger partial charge in [0.05, 0.1) is 10.6 Å². The molecule has 7 nitrogen and oxygen atoms in total. The van der Waals surface area contributed by atoms with E-state index in [1.165, 1.54) is 19.1 Å². The Morgan fingerprint density at radius 1 is 1.14 bits per heavy atom. The van der Waals surface area contributed by atoms with Gasteiger partial charge in [0.15, 0.2) is 17.5 Å². The third kappa shape index (κ3) is 5.09. The Morgan fingerprint density at radius 3 is 2.45 bits per heavy atom. The number of hydrogen-bond acceptors (Lipinski definition) is 4. The van der Waals surface area contributed by atoms with Gasteiger partial charge in [0.1, 0.15) is 6.54 Å². The van der Waals surface area contributed by atoms with Crippen molar-refractivity contribution in [2.45, 2.75) is 20.3 Å². The Morgan fingerprint density at radius 2 is 1.83 bits per heavy atom. The predicted molar refractivity (Wildman–Crippen MR) is 99.0 cm³/mol. The molecule has 2 amide bonds. The predicted octanol–water partition coefficient (Wildman–Crippen LogP) is 3.81. The molecule has 0 aliphatic heterocycles. The van der Waals surface area contributed by atoms with Crippen LogP contribution in [-0.2, 0) is 4.79 Å². The number of aryl methyl sites for hydroxylation is 1. The monoisotopic (exact) mass is 409 g/mol. The lowest BCUT2D eigenvalue weighted by Crippen LogP contribution is -2.38. The van der Waals surface area contributed by atoms with Crippen molar-refractivity contribution in [3.8, 4) is 0 Å². The van der Waals surface area contributed by atoms with Crippen molar-refractivity contribution in [3.63, 3.8) is 0 Å². The Balaban J connectivity index is 2.20. The second-order valence-electron chi connectivity index (χ2n) is 6.26. The summed E-state index contributed by atoms with van der Waals surface area (Å²) < 4.78 is 40.0. The van der Waals surface area contributed by atoms with E-state index in [1.54, 1.807) is 6.92 Å². The van der Waals surface area contributed by atoms with Crippen LogP contribution in [0.1, 0.15) is 29.3 Å². The molecule has 10 heteroatoms. The van der Waals surface area contributed by atoms with Gasteiger partial charge in [-0.25, -0.2) is 13.2 Å². The molecule has 0 aliphatic carbocycles. The maximum atomic E-state index is 13.7. The molecule has 0 aromatic heterocycles. The number of nitrogens with zero attached hydrogens (tertiary/aromatic N) is 2. The van der Waals surface area contributed by atoms with Crippen LogP contribution in [-0.4, -0.2) is 34.7 Å². The summed E-state index contributed by atoms with van der Waals surface area (Å²) in [6.07, 6.45) is 0.479. The smallest absolute Gasteiger partial charge is 0.273 e. The second kappa shape index (κ2) is 9.18. The molecule has 0 saturated heterocycles. The highest BCUT2D eigenvalue weighted by molar-refractivity contribution is 5.99. The maximum Gasteiger partial charge on any atom is 0.273 e. The summed E-state index contributed by atoms with van der Waals surface area (Å²) in [4.78, 5) is 36.5. The fourth-order valence-corrected chi connectivity index (χ4v) is 2.63. The van der Waals surface area contributed by atoms with E-state index in [0.717, 1.165) is 17.0 Å². The third-order valence-corrected chi connectivity index (χ3v) is 4.08. The van der Waals surface area contributed by atoms with Gasteiger partial charge in [0, 0.05) is 23.7 Å². The van der Waals surface area contributed by atoms with Crippen LogP contribution in [0.4, 0.5) is 24.5 Å². The number of benzene rings is 2. The molecule has 0 fully saturated rings. The first kappa shape index (κ1) is 21.9. The zero-order chi connectivity index (χ0) is 21.7. The molecule has 0 radical (unpaired) electrons. The largest absolute Gasteiger partial charge is 0.329 e. The molecule has 1 N–H and O–H groups in total. The molecule has 2 rings (SSSR count). The van der Waals surface area contributed by atoms with Crippen LogP contribution < -0.4 is 5.32 Å². The second-order valence-corrected chi connectivity index (χ2v) is 6.26. The number of nitro groups is 1. The van der Waals surface area contributed by atoms with Gasteiger partial charge in [0.2, 0.25) is 5.91 Å². The van der Waals surface area contributed by atoms with E-state index in [-0.39, 0.29) is 17.8 Å². The number of amides is 2. The Kier molecular flexibility index (Phi) is 6.92. The van der Waals surface area contributed by atoms with Crippen LogP contribution in [0, 0.1) is 34.5 Å². The zero-order valence-electron chi connectivity index (χ0n) is 15.7. The quantitative estimate of drug-likeness (QED) is 0.428. The molecular formula is C19H18F3N3O4. The number of nitrogens with one attached hydrogen (secondary N) is 1. The Labute approximate surface area is 164 Å². The SMILES string of the molecule is CCCN(CC(=O)Nc1ccc(F)c(F)c1F)C(=O)c1ccc(C)c([N+](=O)[O-])c1. The molecule has 0 unspecified atom stereocenters. The minimum Gasteiger partial charge on any atom is -0.329 e. The van der Waals surface area contributed by atoms with Crippen LogP contribution >= 0.6 is 0 Å². The minimum atomic E-state index is -1.73. The molecular weight excluding hydrogens is 391 g/mol. The molecule has 0 heterocycles. The highest BCUT2D eigenvalue weighted by Crippen LogP contribution is 2.21. The lowest BCUT2D eigenvalue weighted by atomic mass is 10.1. The van der Waals surface area contributed by atoms with Crippen molar-refractivity contribution in [2.75, 3.05) is 18.4 Å². The van der Waals surface area contributed by atoms with Crippen molar-refractivity contribution in [2.24, 2.45) is 0 Å². The maximum absolute atomic E-state index is 13.7. The molecule has 0 atom stereocenters. The molecule has 0 spiro atoms. The zero-order valence-corrected chi connectivity index (χ0v) is 15.7. The van der Waals surface area contributed by atoms with Gasteiger partial charge < -0.3 is 10.2 Å². The first-order chi connectivity index (χ1) is 13.6. The van der Waals surface area contributed by atoms with Crippen molar-refractivity contribution in [1.29, 1.82) is 0 Å². The van der Waals surface area contributed by atoms with E-state index in [4.69, 9.17) is 0 Å². The van der Waals surface area contributed by atoms with Crippen molar-refractivity contribution in [1.82, 2.24) is 4.90 Å². The van der Waals surface area contributed by atoms with Crippen molar-refractivity contribution in [3.05, 3.63) is 69.0 Å². The normalized spacial score (nSPS) is 10.5. The topological polar surface area (TPSA) is 92.6 Å². The molecule has 2 aromatic rings.